The number of benzene rings is 2. The Morgan fingerprint density at radius 3 is 2.11 bits per heavy atom. The van der Waals surface area contributed by atoms with Crippen LogP contribution in [0.15, 0.2) is 59.2 Å². The number of ether oxygens (including phenoxy) is 5. The zero-order valence-corrected chi connectivity index (χ0v) is 43.9. The van der Waals surface area contributed by atoms with Gasteiger partial charge in [0.15, 0.2) is 0 Å². The molecule has 5 amide bonds. The lowest BCUT2D eigenvalue weighted by Crippen LogP contribution is -2.40. The zero-order valence-electron chi connectivity index (χ0n) is 43.9. The number of hydrogen-bond donors (Lipinski definition) is 6. The number of allylic oxidation sites excluding steroid dienone is 3. The Morgan fingerprint density at radius 2 is 1.47 bits per heavy atom. The standard InChI is InChI=1S/C51H69N13O11/c1-9-42(65)55-16-22-73-24-23-72-21-15-43(66)56-34(7)49(70)75-20-14-19-74-41-30-35(46(53)67)29-37-45(41)63(51(58-37)60-48(69)39-28-33(6)61-64(39)11-3)18-13-12-17-62-44-36(25-31(4)26-40(44)71-8)57-50(62)59-47(68)38(54-10-2)27-32(5)52/h12-13,25-30,34H,9-11,14-24,52H2,1-8H3,(H2,53,67)(H,55,65)(H,56,66)(H,57,59,68)(H,58,60,69)/b13-12+,32-27?,54-38?/t34-/m0/s1. The van der Waals surface area contributed by atoms with Crippen molar-refractivity contribution in [1.29, 1.82) is 0 Å². The van der Waals surface area contributed by atoms with Crippen molar-refractivity contribution < 1.29 is 52.5 Å². The van der Waals surface area contributed by atoms with Crippen molar-refractivity contribution in [2.24, 2.45) is 16.5 Å². The number of amides is 5. The average molecular weight is 1040 g/mol. The van der Waals surface area contributed by atoms with Crippen LogP contribution < -0.4 is 42.2 Å². The van der Waals surface area contributed by atoms with E-state index >= 15 is 0 Å². The summed E-state index contributed by atoms with van der Waals surface area (Å²) in [5.74, 6) is -1.77. The second-order valence-corrected chi connectivity index (χ2v) is 17.1. The number of nitrogens with one attached hydrogen (secondary N) is 4. The maximum atomic E-state index is 13.9. The number of nitrogens with zero attached hydrogens (tertiary/aromatic N) is 7. The average Bonchev–Trinajstić information content (AvgIpc) is 4.05. The minimum absolute atomic E-state index is 0.00622. The third-order valence-corrected chi connectivity index (χ3v) is 11.1. The molecular formula is C51H69N13O11. The summed E-state index contributed by atoms with van der Waals surface area (Å²) in [6.07, 6.45) is 5.79. The summed E-state index contributed by atoms with van der Waals surface area (Å²) in [6, 6.07) is 7.44. The van der Waals surface area contributed by atoms with Crippen LogP contribution in [0.25, 0.3) is 22.1 Å². The molecule has 0 fully saturated rings. The Labute approximate surface area is 434 Å². The number of aliphatic imine (C=N–C) groups is 1. The molecule has 3 heterocycles. The number of rotatable bonds is 30. The molecule has 0 spiro atoms. The molecule has 0 aliphatic carbocycles. The van der Waals surface area contributed by atoms with Gasteiger partial charge in [-0.05, 0) is 83.5 Å². The van der Waals surface area contributed by atoms with Crippen LogP contribution in [0.5, 0.6) is 11.5 Å². The van der Waals surface area contributed by atoms with Gasteiger partial charge in [-0.1, -0.05) is 19.1 Å². The highest BCUT2D eigenvalue weighted by molar-refractivity contribution is 6.47. The van der Waals surface area contributed by atoms with Gasteiger partial charge < -0.3 is 54.9 Å². The van der Waals surface area contributed by atoms with E-state index in [4.69, 9.17) is 45.1 Å². The smallest absolute Gasteiger partial charge is 0.328 e. The fourth-order valence-corrected chi connectivity index (χ4v) is 7.56. The van der Waals surface area contributed by atoms with Crippen LogP contribution in [-0.4, -0.2) is 136 Å². The summed E-state index contributed by atoms with van der Waals surface area (Å²) >= 11 is 0. The number of esters is 1. The summed E-state index contributed by atoms with van der Waals surface area (Å²) in [5, 5.41) is 15.5. The molecule has 0 aliphatic rings. The van der Waals surface area contributed by atoms with Gasteiger partial charge in [0.1, 0.15) is 40.0 Å². The Morgan fingerprint density at radius 1 is 0.800 bits per heavy atom. The highest BCUT2D eigenvalue weighted by atomic mass is 16.5. The van der Waals surface area contributed by atoms with Gasteiger partial charge in [-0.3, -0.25) is 44.3 Å². The quantitative estimate of drug-likeness (QED) is 0.0165. The van der Waals surface area contributed by atoms with Gasteiger partial charge in [0, 0.05) is 63.2 Å². The van der Waals surface area contributed by atoms with Crippen molar-refractivity contribution >= 4 is 75.2 Å². The van der Waals surface area contributed by atoms with Gasteiger partial charge in [-0.25, -0.2) is 14.8 Å². The topological polar surface area (TPSA) is 315 Å². The molecular weight excluding hydrogens is 971 g/mol. The Hall–Kier alpha value is -8.12. The van der Waals surface area contributed by atoms with Crippen molar-refractivity contribution in [2.75, 3.05) is 70.5 Å². The molecule has 0 aliphatic heterocycles. The third kappa shape index (κ3) is 16.4. The van der Waals surface area contributed by atoms with Crippen LogP contribution in [0.2, 0.25) is 0 Å². The summed E-state index contributed by atoms with van der Waals surface area (Å²) in [4.78, 5) is 90.5. The number of hydrogen-bond acceptors (Lipinski definition) is 16. The van der Waals surface area contributed by atoms with E-state index in [0.717, 1.165) is 5.56 Å². The number of aromatic nitrogens is 6. The first kappa shape index (κ1) is 57.8. The van der Waals surface area contributed by atoms with E-state index in [1.807, 2.05) is 45.1 Å². The predicted molar refractivity (Wildman–Crippen MR) is 282 cm³/mol. The van der Waals surface area contributed by atoms with Crippen molar-refractivity contribution in [1.82, 2.24) is 39.5 Å². The number of primary amides is 1. The van der Waals surface area contributed by atoms with E-state index in [2.05, 4.69) is 31.4 Å². The lowest BCUT2D eigenvalue weighted by molar-refractivity contribution is -0.147. The van der Waals surface area contributed by atoms with Gasteiger partial charge in [-0.2, -0.15) is 5.10 Å². The first-order valence-corrected chi connectivity index (χ1v) is 24.7. The number of methoxy groups -OCH3 is 1. The van der Waals surface area contributed by atoms with Gasteiger partial charge >= 0.3 is 5.97 Å². The maximum Gasteiger partial charge on any atom is 0.328 e. The van der Waals surface area contributed by atoms with Crippen LogP contribution in [-0.2, 0) is 53.0 Å². The van der Waals surface area contributed by atoms with Crippen molar-refractivity contribution in [3.63, 3.8) is 0 Å². The number of carbonyl (C=O) groups is 6. The normalized spacial score (nSPS) is 12.3. The third-order valence-electron chi connectivity index (χ3n) is 11.1. The number of nitrogens with two attached hydrogens (primary N) is 2. The van der Waals surface area contributed by atoms with Crippen LogP contribution in [0, 0.1) is 13.8 Å². The van der Waals surface area contributed by atoms with Gasteiger partial charge in [0.25, 0.3) is 11.8 Å². The second kappa shape index (κ2) is 28.4. The van der Waals surface area contributed by atoms with E-state index in [-0.39, 0.29) is 92.7 Å². The van der Waals surface area contributed by atoms with Gasteiger partial charge in [-0.15, -0.1) is 0 Å². The molecule has 5 aromatic rings. The van der Waals surface area contributed by atoms with Gasteiger partial charge in [0.05, 0.1) is 63.5 Å². The number of anilines is 2. The number of carbonyl (C=O) groups excluding carboxylic acids is 6. The molecule has 0 saturated carbocycles. The van der Waals surface area contributed by atoms with Crippen molar-refractivity contribution in [2.45, 2.75) is 93.4 Å². The fourth-order valence-electron chi connectivity index (χ4n) is 7.56. The lowest BCUT2D eigenvalue weighted by Gasteiger charge is -2.15. The van der Waals surface area contributed by atoms with E-state index < -0.39 is 35.6 Å². The number of aryl methyl sites for hydroxylation is 3. The highest BCUT2D eigenvalue weighted by Gasteiger charge is 2.23. The SMILES string of the molecule is CCN=C(C=C(C)N)C(=O)Nc1nc2cc(C)cc(OC)c2n1C/C=C/Cn1c(NC(=O)c2cc(C)nn2CC)nc2cc(C(N)=O)cc(OCCCOC(=O)[C@H](C)NC(=O)CCOCCOCCNC(=O)CC)c21. The molecule has 5 rings (SSSR count). The molecule has 0 unspecified atom stereocenters. The monoisotopic (exact) mass is 1040 g/mol. The fraction of sp³-hybridized carbons (Fsp3) is 0.451. The predicted octanol–water partition coefficient (Wildman–Crippen LogP) is 3.86. The lowest BCUT2D eigenvalue weighted by atomic mass is 10.1. The first-order chi connectivity index (χ1) is 36.0. The Bertz CT molecular complexity index is 2930. The minimum Gasteiger partial charge on any atom is -0.494 e. The molecule has 1 atom stereocenters. The molecule has 24 heteroatoms. The molecule has 0 radical (unpaired) electrons. The van der Waals surface area contributed by atoms with Crippen LogP contribution in [0.1, 0.15) is 86.0 Å². The molecule has 75 heavy (non-hydrogen) atoms. The van der Waals surface area contributed by atoms with E-state index in [1.54, 1.807) is 47.8 Å². The molecule has 0 saturated heterocycles. The first-order valence-electron chi connectivity index (χ1n) is 24.7. The second-order valence-electron chi connectivity index (χ2n) is 17.1. The van der Waals surface area contributed by atoms with E-state index in [0.29, 0.717) is 78.7 Å². The molecule has 24 nitrogen and oxygen atoms in total. The van der Waals surface area contributed by atoms with Crippen molar-refractivity contribution in [3.05, 3.63) is 76.8 Å². The zero-order chi connectivity index (χ0) is 54.6. The maximum absolute atomic E-state index is 13.9. The van der Waals surface area contributed by atoms with E-state index in [9.17, 15) is 28.8 Å². The summed E-state index contributed by atoms with van der Waals surface area (Å²) in [7, 11) is 1.55. The minimum atomic E-state index is -0.942. The summed E-state index contributed by atoms with van der Waals surface area (Å²) in [6.45, 7) is 14.7. The Balaban J connectivity index is 1.33. The molecule has 2 aromatic carbocycles. The molecule has 8 N–H and O–H groups in total. The van der Waals surface area contributed by atoms with Crippen LogP contribution >= 0.6 is 0 Å². The number of fused-ring (bicyclic) bond motifs is 2. The van der Waals surface area contributed by atoms with Crippen LogP contribution in [0.3, 0.4) is 0 Å². The summed E-state index contributed by atoms with van der Waals surface area (Å²) in [5.41, 5.74) is 16.1. The van der Waals surface area contributed by atoms with Gasteiger partial charge in [0.2, 0.25) is 29.6 Å². The summed E-state index contributed by atoms with van der Waals surface area (Å²) < 4.78 is 33.4. The number of imidazole rings is 2. The van der Waals surface area contributed by atoms with Crippen LogP contribution in [0.4, 0.5) is 11.9 Å². The Kier molecular flexibility index (Phi) is 21.9. The molecule has 404 valence electrons. The largest absolute Gasteiger partial charge is 0.494 e. The molecule has 3 aromatic heterocycles. The highest BCUT2D eigenvalue weighted by Crippen LogP contribution is 2.33. The van der Waals surface area contributed by atoms with Crippen molar-refractivity contribution in [3.8, 4) is 11.5 Å². The molecule has 0 bridgehead atoms. The van der Waals surface area contributed by atoms with E-state index in [1.165, 1.54) is 25.1 Å².